The zero-order chi connectivity index (χ0) is 36.5. The van der Waals surface area contributed by atoms with E-state index in [1.54, 1.807) is 0 Å². The monoisotopic (exact) mass is 715 g/mol. The first-order chi connectivity index (χ1) is 24.3. The summed E-state index contributed by atoms with van der Waals surface area (Å²) in [5.74, 6) is 0. The van der Waals surface area contributed by atoms with Crippen molar-refractivity contribution in [3.05, 3.63) is 59.9 Å². The summed E-state index contributed by atoms with van der Waals surface area (Å²) in [6.45, 7) is 7.01. The fourth-order valence-electron chi connectivity index (χ4n) is 6.27. The number of hydrogen-bond donors (Lipinski definition) is 0. The molecule has 1 heterocycles. The molecule has 0 aliphatic rings. The summed E-state index contributed by atoms with van der Waals surface area (Å²) in [6.07, 6.45) is 42.6. The van der Waals surface area contributed by atoms with Gasteiger partial charge in [0.05, 0.1) is 7.11 Å². The molecule has 0 atom stereocenters. The second kappa shape index (κ2) is 31.5. The molecule has 2 aromatic rings. The molecule has 7 heteroatoms. The van der Waals surface area contributed by atoms with Crippen LogP contribution in [0, 0.1) is 0 Å². The highest BCUT2D eigenvalue weighted by molar-refractivity contribution is 7.80. The van der Waals surface area contributed by atoms with E-state index in [-0.39, 0.29) is 0 Å². The Balaban J connectivity index is 0.00000190. The highest BCUT2D eigenvalue weighted by Crippen LogP contribution is 2.20. The van der Waals surface area contributed by atoms with Crippen molar-refractivity contribution in [2.24, 2.45) is 7.05 Å². The van der Waals surface area contributed by atoms with Gasteiger partial charge in [-0.2, -0.15) is 0 Å². The maximum Gasteiger partial charge on any atom is 0.217 e. The number of aromatic nitrogens is 1. The minimum absolute atomic E-state index is 0.808. The minimum Gasteiger partial charge on any atom is -0.726 e. The Labute approximate surface area is 309 Å². The van der Waals surface area contributed by atoms with Crippen LogP contribution in [0.25, 0.3) is 12.2 Å². The van der Waals surface area contributed by atoms with Crippen LogP contribution in [0.4, 0.5) is 5.69 Å². The summed E-state index contributed by atoms with van der Waals surface area (Å²) in [5.41, 5.74) is 3.92. The Morgan fingerprint density at radius 3 is 1.18 bits per heavy atom. The van der Waals surface area contributed by atoms with Crippen LogP contribution in [0.3, 0.4) is 0 Å². The summed E-state index contributed by atoms with van der Waals surface area (Å²) in [6, 6.07) is 13.6. The molecule has 1 aromatic heterocycles. The van der Waals surface area contributed by atoms with E-state index in [9.17, 15) is 13.0 Å². The lowest BCUT2D eigenvalue weighted by Gasteiger charge is -2.25. The van der Waals surface area contributed by atoms with Crippen LogP contribution in [0.2, 0.25) is 0 Å². The van der Waals surface area contributed by atoms with Crippen molar-refractivity contribution in [2.75, 3.05) is 25.1 Å². The Morgan fingerprint density at radius 1 is 0.560 bits per heavy atom. The molecular formula is C43H74N2O4S. The van der Waals surface area contributed by atoms with E-state index < -0.39 is 10.4 Å². The van der Waals surface area contributed by atoms with Gasteiger partial charge in [0, 0.05) is 30.9 Å². The van der Waals surface area contributed by atoms with Gasteiger partial charge in [-0.1, -0.05) is 179 Å². The Kier molecular flexibility index (Phi) is 28.9. The number of rotatable bonds is 30. The van der Waals surface area contributed by atoms with E-state index in [0.717, 1.165) is 7.11 Å². The summed E-state index contributed by atoms with van der Waals surface area (Å²) in [4.78, 5) is 2.68. The lowest BCUT2D eigenvalue weighted by molar-refractivity contribution is -0.671. The molecule has 6 nitrogen and oxygen atoms in total. The number of nitrogens with zero attached hydrogens (tertiary/aromatic N) is 2. The Hall–Kier alpha value is -2.22. The van der Waals surface area contributed by atoms with Crippen LogP contribution in [-0.2, 0) is 21.6 Å². The van der Waals surface area contributed by atoms with Gasteiger partial charge in [-0.3, -0.25) is 4.18 Å². The molecule has 0 amide bonds. The fourth-order valence-corrected chi connectivity index (χ4v) is 6.27. The zero-order valence-electron chi connectivity index (χ0n) is 32.6. The van der Waals surface area contributed by atoms with Gasteiger partial charge in [-0.25, -0.2) is 13.0 Å². The van der Waals surface area contributed by atoms with Crippen LogP contribution >= 0.6 is 0 Å². The quantitative estimate of drug-likeness (QED) is 0.0348. The van der Waals surface area contributed by atoms with Crippen molar-refractivity contribution in [1.29, 1.82) is 0 Å². The molecule has 0 spiro atoms. The van der Waals surface area contributed by atoms with Gasteiger partial charge in [-0.05, 0) is 36.1 Å². The average Bonchev–Trinajstić information content (AvgIpc) is 3.11. The van der Waals surface area contributed by atoms with Crippen LogP contribution < -0.4 is 9.47 Å². The number of aryl methyl sites for hydroxylation is 1. The van der Waals surface area contributed by atoms with Crippen molar-refractivity contribution in [3.63, 3.8) is 0 Å². The highest BCUT2D eigenvalue weighted by Gasteiger charge is 2.07. The minimum atomic E-state index is -4.41. The summed E-state index contributed by atoms with van der Waals surface area (Å²) >= 11 is 0. The van der Waals surface area contributed by atoms with Crippen molar-refractivity contribution in [3.8, 4) is 0 Å². The SMILES string of the molecule is CCCCCCCCCCCCCCN(CCCCCCCCCCCCCC)c1ccc(C=Cc2cc[n+](C)cc2)cc1.COS(=O)(=O)[O-]. The molecule has 0 saturated heterocycles. The third-order valence-electron chi connectivity index (χ3n) is 9.50. The second-order valence-corrected chi connectivity index (χ2v) is 15.2. The van der Waals surface area contributed by atoms with Crippen LogP contribution in [0.15, 0.2) is 48.8 Å². The molecule has 0 fully saturated rings. The topological polar surface area (TPSA) is 73.5 Å². The maximum absolute atomic E-state index is 9.22. The maximum atomic E-state index is 9.22. The molecule has 0 aliphatic carbocycles. The van der Waals surface area contributed by atoms with E-state index in [4.69, 9.17) is 0 Å². The standard InChI is InChI=1S/C42H71N2.CH4O4S/c1-4-6-8-10-12-14-16-18-20-22-24-26-36-44(37-27-25-23-21-19-17-15-13-11-9-7-5-2)42-32-30-40(31-33-42)28-29-41-34-38-43(3)39-35-41;1-5-6(2,3)4/h28-35,38-39H,4-27,36-37H2,1-3H3;1H3,(H,2,3,4)/q+1;/p-1. The molecule has 1 aromatic carbocycles. The van der Waals surface area contributed by atoms with E-state index in [1.165, 1.54) is 184 Å². The van der Waals surface area contributed by atoms with Crippen molar-refractivity contribution in [2.45, 2.75) is 168 Å². The lowest BCUT2D eigenvalue weighted by Crippen LogP contribution is -2.25. The molecule has 0 bridgehead atoms. The smallest absolute Gasteiger partial charge is 0.217 e. The first-order valence-corrected chi connectivity index (χ1v) is 21.6. The Morgan fingerprint density at radius 2 is 0.860 bits per heavy atom. The predicted molar refractivity (Wildman–Crippen MR) is 214 cm³/mol. The highest BCUT2D eigenvalue weighted by atomic mass is 32.3. The van der Waals surface area contributed by atoms with Gasteiger partial charge in [0.1, 0.15) is 7.05 Å². The van der Waals surface area contributed by atoms with Gasteiger partial charge in [0.2, 0.25) is 10.4 Å². The van der Waals surface area contributed by atoms with E-state index in [2.05, 4.69) is 95.5 Å². The first kappa shape index (κ1) is 45.8. The van der Waals surface area contributed by atoms with Crippen molar-refractivity contribution in [1.82, 2.24) is 0 Å². The zero-order valence-corrected chi connectivity index (χ0v) is 33.4. The van der Waals surface area contributed by atoms with Gasteiger partial charge >= 0.3 is 0 Å². The van der Waals surface area contributed by atoms with Gasteiger partial charge in [-0.15, -0.1) is 0 Å². The molecule has 0 radical (unpaired) electrons. The Bertz CT molecular complexity index is 1140. The lowest BCUT2D eigenvalue weighted by atomic mass is 10.0. The van der Waals surface area contributed by atoms with Crippen molar-refractivity contribution >= 4 is 28.2 Å². The molecule has 286 valence electrons. The largest absolute Gasteiger partial charge is 0.726 e. The first-order valence-electron chi connectivity index (χ1n) is 20.3. The molecule has 0 unspecified atom stereocenters. The number of anilines is 1. The molecule has 0 aliphatic heterocycles. The van der Waals surface area contributed by atoms with Crippen LogP contribution in [0.1, 0.15) is 179 Å². The van der Waals surface area contributed by atoms with E-state index >= 15 is 0 Å². The van der Waals surface area contributed by atoms with E-state index in [1.807, 2.05) is 0 Å². The molecular weight excluding hydrogens is 641 g/mol. The number of hydrogen-bond acceptors (Lipinski definition) is 5. The van der Waals surface area contributed by atoms with Gasteiger partial charge in [0.15, 0.2) is 12.4 Å². The number of pyridine rings is 1. The molecule has 2 rings (SSSR count). The second-order valence-electron chi connectivity index (χ2n) is 14.1. The van der Waals surface area contributed by atoms with E-state index in [0.29, 0.717) is 0 Å². The number of unbranched alkanes of at least 4 members (excludes halogenated alkanes) is 22. The normalized spacial score (nSPS) is 11.5. The van der Waals surface area contributed by atoms with Crippen molar-refractivity contribution < 1.29 is 21.7 Å². The van der Waals surface area contributed by atoms with Gasteiger partial charge in [0.25, 0.3) is 0 Å². The van der Waals surface area contributed by atoms with Crippen LogP contribution in [0.5, 0.6) is 0 Å². The average molecular weight is 715 g/mol. The van der Waals surface area contributed by atoms with Gasteiger partial charge < -0.3 is 9.45 Å². The fraction of sp³-hybridized carbons (Fsp3) is 0.698. The molecule has 0 N–H and O–H groups in total. The molecule has 0 saturated carbocycles. The van der Waals surface area contributed by atoms with Crippen LogP contribution in [-0.4, -0.2) is 33.2 Å². The summed E-state index contributed by atoms with van der Waals surface area (Å²) in [7, 11) is -1.54. The third kappa shape index (κ3) is 27.5. The summed E-state index contributed by atoms with van der Waals surface area (Å²) in [5, 5.41) is 0. The predicted octanol–water partition coefficient (Wildman–Crippen LogP) is 12.0. The summed E-state index contributed by atoms with van der Waals surface area (Å²) < 4.78 is 33.1. The number of benzene rings is 1. The molecule has 50 heavy (non-hydrogen) atoms. The third-order valence-corrected chi connectivity index (χ3v) is 9.91.